The summed E-state index contributed by atoms with van der Waals surface area (Å²) >= 11 is 0. The topological polar surface area (TPSA) is 89.0 Å². The summed E-state index contributed by atoms with van der Waals surface area (Å²) in [6.07, 6.45) is 0. The van der Waals surface area contributed by atoms with E-state index < -0.39 is 0 Å². The zero-order chi connectivity index (χ0) is 12.1. The Labute approximate surface area is 93.1 Å². The lowest BCUT2D eigenvalue weighted by Crippen LogP contribution is -2.46. The molecule has 86 valence electrons. The molecule has 0 amide bonds. The normalized spacial score (nSPS) is 9.62. The molecule has 0 atom stereocenters. The average molecular weight is 223 g/mol. The van der Waals surface area contributed by atoms with Crippen molar-refractivity contribution in [3.63, 3.8) is 0 Å². The third-order valence-corrected chi connectivity index (χ3v) is 1.96. The first-order valence-corrected chi connectivity index (χ1v) is 4.77. The lowest BCUT2D eigenvalue weighted by molar-refractivity contribution is 0.627. The molecular weight excluding hydrogens is 209 g/mol. The van der Waals surface area contributed by atoms with Crippen LogP contribution in [0.25, 0.3) is 0 Å². The van der Waals surface area contributed by atoms with Gasteiger partial charge in [-0.2, -0.15) is 0 Å². The Morgan fingerprint density at radius 1 is 1.50 bits per heavy atom. The summed E-state index contributed by atoms with van der Waals surface area (Å²) in [5.74, 6) is -0.743. The molecule has 1 rings (SSSR count). The fourth-order valence-corrected chi connectivity index (χ4v) is 1.31. The van der Waals surface area contributed by atoms with Crippen molar-refractivity contribution < 1.29 is 4.39 Å². The molecule has 0 aromatic heterocycles. The highest BCUT2D eigenvalue weighted by molar-refractivity contribution is 6.03. The largest absolute Gasteiger partial charge is 0.370 e. The van der Waals surface area contributed by atoms with E-state index in [2.05, 4.69) is 5.32 Å². The standard InChI is InChI=1S/C10H14FN5/c1-2-16(10(14)15-9(12)13)8-5-3-4-7(11)6-8/h3-6H,2H2,1H3,(H5,12,13,14,15). The molecule has 5 N–H and O–H groups in total. The lowest BCUT2D eigenvalue weighted by atomic mass is 10.3. The fraction of sp³-hybridized carbons (Fsp3) is 0.200. The van der Waals surface area contributed by atoms with Gasteiger partial charge in [0.05, 0.1) is 0 Å². The van der Waals surface area contributed by atoms with Crippen LogP contribution >= 0.6 is 0 Å². The first-order valence-electron chi connectivity index (χ1n) is 4.77. The van der Waals surface area contributed by atoms with E-state index in [-0.39, 0.29) is 17.7 Å². The molecular formula is C10H14FN5. The summed E-state index contributed by atoms with van der Waals surface area (Å²) in [6, 6.07) is 5.90. The number of hydrogen-bond donors (Lipinski definition) is 4. The number of nitrogens with two attached hydrogens (primary N) is 1. The van der Waals surface area contributed by atoms with Gasteiger partial charge in [0.25, 0.3) is 0 Å². The van der Waals surface area contributed by atoms with Crippen LogP contribution in [-0.2, 0) is 0 Å². The van der Waals surface area contributed by atoms with E-state index in [0.717, 1.165) is 0 Å². The van der Waals surface area contributed by atoms with Gasteiger partial charge in [0, 0.05) is 12.2 Å². The van der Waals surface area contributed by atoms with Crippen LogP contribution in [0.3, 0.4) is 0 Å². The molecule has 0 unspecified atom stereocenters. The van der Waals surface area contributed by atoms with Gasteiger partial charge in [-0.1, -0.05) is 6.07 Å². The smallest absolute Gasteiger partial charge is 0.202 e. The fourth-order valence-electron chi connectivity index (χ4n) is 1.31. The SMILES string of the molecule is CCN(C(=N)NC(=N)N)c1cccc(F)c1. The number of halogens is 1. The zero-order valence-corrected chi connectivity index (χ0v) is 8.92. The monoisotopic (exact) mass is 223 g/mol. The van der Waals surface area contributed by atoms with Crippen molar-refractivity contribution in [2.75, 3.05) is 11.4 Å². The van der Waals surface area contributed by atoms with E-state index in [9.17, 15) is 4.39 Å². The number of guanidine groups is 2. The van der Waals surface area contributed by atoms with E-state index >= 15 is 0 Å². The molecule has 0 bridgehead atoms. The summed E-state index contributed by atoms with van der Waals surface area (Å²) in [4.78, 5) is 1.50. The Balaban J connectivity index is 2.89. The van der Waals surface area contributed by atoms with Crippen molar-refractivity contribution in [1.82, 2.24) is 5.32 Å². The highest BCUT2D eigenvalue weighted by Crippen LogP contribution is 2.14. The molecule has 1 aromatic carbocycles. The Bertz CT molecular complexity index is 404. The summed E-state index contributed by atoms with van der Waals surface area (Å²) in [5, 5.41) is 17.0. The van der Waals surface area contributed by atoms with Crippen molar-refractivity contribution in [3.8, 4) is 0 Å². The minimum absolute atomic E-state index is 0.0550. The van der Waals surface area contributed by atoms with Crippen LogP contribution < -0.4 is 16.0 Å². The van der Waals surface area contributed by atoms with Gasteiger partial charge in [0.15, 0.2) is 5.96 Å². The van der Waals surface area contributed by atoms with Gasteiger partial charge < -0.3 is 10.6 Å². The molecule has 0 saturated carbocycles. The Morgan fingerprint density at radius 3 is 2.69 bits per heavy atom. The molecule has 16 heavy (non-hydrogen) atoms. The number of anilines is 1. The minimum Gasteiger partial charge on any atom is -0.370 e. The quantitative estimate of drug-likeness (QED) is 0.446. The molecule has 0 aliphatic carbocycles. The van der Waals surface area contributed by atoms with Gasteiger partial charge in [0.2, 0.25) is 5.96 Å². The van der Waals surface area contributed by atoms with Gasteiger partial charge in [-0.05, 0) is 25.1 Å². The van der Waals surface area contributed by atoms with Crippen molar-refractivity contribution in [1.29, 1.82) is 10.8 Å². The maximum Gasteiger partial charge on any atom is 0.202 e. The average Bonchev–Trinajstić information content (AvgIpc) is 2.17. The molecule has 6 heteroatoms. The maximum absolute atomic E-state index is 13.0. The molecule has 0 saturated heterocycles. The lowest BCUT2D eigenvalue weighted by Gasteiger charge is -2.23. The highest BCUT2D eigenvalue weighted by Gasteiger charge is 2.10. The minimum atomic E-state index is -0.369. The second-order valence-corrected chi connectivity index (χ2v) is 3.11. The molecule has 0 radical (unpaired) electrons. The van der Waals surface area contributed by atoms with Crippen LogP contribution in [0.2, 0.25) is 0 Å². The summed E-state index contributed by atoms with van der Waals surface area (Å²) in [5.41, 5.74) is 5.67. The van der Waals surface area contributed by atoms with E-state index in [1.807, 2.05) is 6.92 Å². The summed E-state index contributed by atoms with van der Waals surface area (Å²) < 4.78 is 13.0. The summed E-state index contributed by atoms with van der Waals surface area (Å²) in [6.45, 7) is 2.30. The van der Waals surface area contributed by atoms with Crippen LogP contribution in [0.15, 0.2) is 24.3 Å². The number of rotatable bonds is 2. The Morgan fingerprint density at radius 2 is 2.19 bits per heavy atom. The van der Waals surface area contributed by atoms with Crippen LogP contribution in [0, 0.1) is 16.6 Å². The second kappa shape index (κ2) is 5.11. The zero-order valence-electron chi connectivity index (χ0n) is 8.92. The van der Waals surface area contributed by atoms with Gasteiger partial charge in [-0.25, -0.2) is 4.39 Å². The molecule has 0 aliphatic rings. The predicted octanol–water partition coefficient (Wildman–Crippen LogP) is 1.07. The van der Waals surface area contributed by atoms with Crippen molar-refractivity contribution >= 4 is 17.6 Å². The number of benzene rings is 1. The second-order valence-electron chi connectivity index (χ2n) is 3.11. The predicted molar refractivity (Wildman–Crippen MR) is 62.2 cm³/mol. The van der Waals surface area contributed by atoms with Crippen LogP contribution in [0.1, 0.15) is 6.92 Å². The van der Waals surface area contributed by atoms with Gasteiger partial charge in [-0.3, -0.25) is 16.1 Å². The van der Waals surface area contributed by atoms with E-state index in [0.29, 0.717) is 12.2 Å². The van der Waals surface area contributed by atoms with Gasteiger partial charge in [-0.15, -0.1) is 0 Å². The Kier molecular flexibility index (Phi) is 3.82. The van der Waals surface area contributed by atoms with Gasteiger partial charge >= 0.3 is 0 Å². The molecule has 0 aliphatic heterocycles. The van der Waals surface area contributed by atoms with Crippen LogP contribution in [0.5, 0.6) is 0 Å². The van der Waals surface area contributed by atoms with E-state index in [1.165, 1.54) is 17.0 Å². The number of hydrogen-bond acceptors (Lipinski definition) is 2. The maximum atomic E-state index is 13.0. The summed E-state index contributed by atoms with van der Waals surface area (Å²) in [7, 11) is 0. The molecule has 0 fully saturated rings. The van der Waals surface area contributed by atoms with Crippen molar-refractivity contribution in [3.05, 3.63) is 30.1 Å². The first kappa shape index (κ1) is 12.0. The number of nitrogens with zero attached hydrogens (tertiary/aromatic N) is 1. The highest BCUT2D eigenvalue weighted by atomic mass is 19.1. The van der Waals surface area contributed by atoms with E-state index in [4.69, 9.17) is 16.6 Å². The van der Waals surface area contributed by atoms with E-state index in [1.54, 1.807) is 12.1 Å². The molecule has 0 heterocycles. The van der Waals surface area contributed by atoms with Crippen LogP contribution in [0.4, 0.5) is 10.1 Å². The van der Waals surface area contributed by atoms with Crippen LogP contribution in [-0.4, -0.2) is 18.5 Å². The molecule has 5 nitrogen and oxygen atoms in total. The van der Waals surface area contributed by atoms with Gasteiger partial charge in [0.1, 0.15) is 5.82 Å². The Hall–Kier alpha value is -2.11. The third kappa shape index (κ3) is 2.94. The molecule has 0 spiro atoms. The van der Waals surface area contributed by atoms with Crippen molar-refractivity contribution in [2.24, 2.45) is 5.73 Å². The third-order valence-electron chi connectivity index (χ3n) is 1.96. The first-order chi connectivity index (χ1) is 7.54. The number of nitrogens with one attached hydrogen (secondary N) is 3. The van der Waals surface area contributed by atoms with Crippen molar-refractivity contribution in [2.45, 2.75) is 6.92 Å². The molecule has 1 aromatic rings.